The van der Waals surface area contributed by atoms with Gasteiger partial charge in [0.1, 0.15) is 0 Å². The van der Waals surface area contributed by atoms with Crippen LogP contribution in [0.2, 0.25) is 0 Å². The van der Waals surface area contributed by atoms with Gasteiger partial charge in [-0.3, -0.25) is 4.79 Å². The van der Waals surface area contributed by atoms with E-state index in [-0.39, 0.29) is 17.7 Å². The lowest BCUT2D eigenvalue weighted by Crippen LogP contribution is -2.49. The van der Waals surface area contributed by atoms with Crippen molar-refractivity contribution in [1.29, 1.82) is 0 Å². The Labute approximate surface area is 182 Å². The number of carboxylic acid groups (broad SMARTS) is 1. The maximum absolute atomic E-state index is 14.0. The van der Waals surface area contributed by atoms with E-state index >= 15 is 0 Å². The van der Waals surface area contributed by atoms with E-state index in [2.05, 4.69) is 39.5 Å². The number of ether oxygens (including phenoxy) is 1. The quantitative estimate of drug-likeness (QED) is 0.606. The van der Waals surface area contributed by atoms with Crippen LogP contribution in [0.25, 0.3) is 0 Å². The van der Waals surface area contributed by atoms with Gasteiger partial charge in [-0.15, -0.1) is 0 Å². The lowest BCUT2D eigenvalue weighted by molar-refractivity contribution is -0.137. The number of aliphatic carboxylic acids is 1. The second-order valence-corrected chi connectivity index (χ2v) is 8.80. The zero-order valence-electron chi connectivity index (χ0n) is 17.7. The Morgan fingerprint density at radius 3 is 2.71 bits per heavy atom. The monoisotopic (exact) mass is 427 g/mol. The third-order valence-corrected chi connectivity index (χ3v) is 6.56. The van der Waals surface area contributed by atoms with E-state index in [9.17, 15) is 9.18 Å². The summed E-state index contributed by atoms with van der Waals surface area (Å²) in [6.07, 6.45) is 4.56. The van der Waals surface area contributed by atoms with Gasteiger partial charge in [0.15, 0.2) is 5.82 Å². The molecule has 2 N–H and O–H groups in total. The Balaban J connectivity index is 1.36. The summed E-state index contributed by atoms with van der Waals surface area (Å²) in [5, 5.41) is 12.7. The number of pyridine rings is 1. The molecule has 2 aliphatic rings. The van der Waals surface area contributed by atoms with Crippen LogP contribution in [0.5, 0.6) is 5.88 Å². The molecule has 1 aromatic heterocycles. The van der Waals surface area contributed by atoms with E-state index in [0.717, 1.165) is 38.9 Å². The zero-order chi connectivity index (χ0) is 21.7. The molecule has 7 heteroatoms. The van der Waals surface area contributed by atoms with Crippen LogP contribution in [0.15, 0.2) is 48.7 Å². The highest BCUT2D eigenvalue weighted by atomic mass is 19.1. The third-order valence-electron chi connectivity index (χ3n) is 6.56. The third kappa shape index (κ3) is 5.80. The lowest BCUT2D eigenvalue weighted by atomic mass is 9.78. The predicted molar refractivity (Wildman–Crippen MR) is 116 cm³/mol. The minimum absolute atomic E-state index is 0.0452. The summed E-state index contributed by atoms with van der Waals surface area (Å²) >= 11 is 0. The largest absolute Gasteiger partial charge is 0.481 e. The van der Waals surface area contributed by atoms with Crippen LogP contribution in [0.3, 0.4) is 0 Å². The van der Waals surface area contributed by atoms with Crippen LogP contribution in [0.4, 0.5) is 4.39 Å². The fourth-order valence-electron chi connectivity index (χ4n) is 4.41. The Morgan fingerprint density at radius 1 is 1.23 bits per heavy atom. The first kappa shape index (κ1) is 21.7. The van der Waals surface area contributed by atoms with Gasteiger partial charge in [-0.05, 0) is 50.0 Å². The van der Waals surface area contributed by atoms with Gasteiger partial charge in [-0.2, -0.15) is 0 Å². The number of hydrogen-bond donors (Lipinski definition) is 2. The number of piperidine rings is 1. The first-order valence-electron chi connectivity index (χ1n) is 11.0. The van der Waals surface area contributed by atoms with E-state index in [4.69, 9.17) is 9.84 Å². The molecule has 1 saturated carbocycles. The Kier molecular flexibility index (Phi) is 6.83. The van der Waals surface area contributed by atoms with Crippen LogP contribution in [0.1, 0.15) is 37.2 Å². The minimum Gasteiger partial charge on any atom is -0.481 e. The highest BCUT2D eigenvalue weighted by molar-refractivity contribution is 5.66. The molecule has 4 rings (SSSR count). The fourth-order valence-corrected chi connectivity index (χ4v) is 4.41. The molecule has 1 aromatic carbocycles. The average Bonchev–Trinajstić information content (AvgIpc) is 3.57. The SMILES string of the molecule is O=C(O)CCN1CCC(CN[C@@H]2C[C@H]2c2ccccc2)(COc2ncccc2F)CC1. The summed E-state index contributed by atoms with van der Waals surface area (Å²) < 4.78 is 19.8. The molecule has 0 unspecified atom stereocenters. The molecule has 0 spiro atoms. The molecule has 0 bridgehead atoms. The van der Waals surface area contributed by atoms with Gasteiger partial charge >= 0.3 is 5.97 Å². The number of carboxylic acids is 1. The lowest BCUT2D eigenvalue weighted by Gasteiger charge is -2.41. The van der Waals surface area contributed by atoms with Crippen LogP contribution < -0.4 is 10.1 Å². The Bertz CT molecular complexity index is 871. The molecule has 1 aliphatic carbocycles. The molecular weight excluding hydrogens is 397 g/mol. The van der Waals surface area contributed by atoms with E-state index < -0.39 is 11.8 Å². The van der Waals surface area contributed by atoms with Gasteiger partial charge in [0.2, 0.25) is 5.88 Å². The van der Waals surface area contributed by atoms with Gasteiger partial charge in [0, 0.05) is 36.7 Å². The zero-order valence-corrected chi connectivity index (χ0v) is 17.7. The van der Waals surface area contributed by atoms with Crippen molar-refractivity contribution < 1.29 is 19.0 Å². The number of likely N-dealkylation sites (tertiary alicyclic amines) is 1. The van der Waals surface area contributed by atoms with Crippen molar-refractivity contribution in [3.05, 3.63) is 60.0 Å². The van der Waals surface area contributed by atoms with Crippen molar-refractivity contribution in [2.45, 2.75) is 37.6 Å². The molecule has 1 saturated heterocycles. The van der Waals surface area contributed by atoms with E-state index in [1.807, 2.05) is 6.07 Å². The number of hydrogen-bond acceptors (Lipinski definition) is 5. The molecule has 166 valence electrons. The number of benzene rings is 1. The number of carbonyl (C=O) groups is 1. The standard InChI is InChI=1S/C24H30FN3O3/c25-20-7-4-11-26-23(20)31-17-24(9-13-28(14-10-24)12-8-22(29)30)16-27-21-15-19(21)18-5-2-1-3-6-18/h1-7,11,19,21,27H,8-10,12-17H2,(H,29,30)/t19-,21+/m0/s1. The molecule has 2 fully saturated rings. The maximum Gasteiger partial charge on any atom is 0.304 e. The number of nitrogens with zero attached hydrogens (tertiary/aromatic N) is 2. The molecule has 2 heterocycles. The number of halogens is 1. The van der Waals surface area contributed by atoms with Crippen molar-refractivity contribution in [1.82, 2.24) is 15.2 Å². The van der Waals surface area contributed by atoms with E-state index in [1.165, 1.54) is 17.8 Å². The Morgan fingerprint density at radius 2 is 2.00 bits per heavy atom. The van der Waals surface area contributed by atoms with E-state index in [0.29, 0.717) is 25.1 Å². The topological polar surface area (TPSA) is 74.7 Å². The van der Waals surface area contributed by atoms with Crippen LogP contribution in [-0.4, -0.2) is 59.8 Å². The van der Waals surface area contributed by atoms with Crippen LogP contribution in [0, 0.1) is 11.2 Å². The normalized spacial score (nSPS) is 22.7. The first-order chi connectivity index (χ1) is 15.0. The summed E-state index contributed by atoms with van der Waals surface area (Å²) in [5.41, 5.74) is 1.23. The van der Waals surface area contributed by atoms with Crippen molar-refractivity contribution in [2.75, 3.05) is 32.8 Å². The summed E-state index contributed by atoms with van der Waals surface area (Å²) in [4.78, 5) is 17.1. The molecular formula is C24H30FN3O3. The summed E-state index contributed by atoms with van der Waals surface area (Å²) in [5.74, 6) is -0.629. The number of nitrogens with one attached hydrogen (secondary N) is 1. The molecule has 0 amide bonds. The second kappa shape index (κ2) is 9.75. The smallest absolute Gasteiger partial charge is 0.304 e. The molecule has 31 heavy (non-hydrogen) atoms. The fraction of sp³-hybridized carbons (Fsp3) is 0.500. The van der Waals surface area contributed by atoms with Crippen molar-refractivity contribution in [3.63, 3.8) is 0 Å². The highest BCUT2D eigenvalue weighted by Crippen LogP contribution is 2.42. The molecule has 6 nitrogen and oxygen atoms in total. The van der Waals surface area contributed by atoms with Gasteiger partial charge < -0.3 is 20.1 Å². The molecule has 2 aromatic rings. The van der Waals surface area contributed by atoms with E-state index in [1.54, 1.807) is 6.07 Å². The first-order valence-corrected chi connectivity index (χ1v) is 11.0. The summed E-state index contributed by atoms with van der Waals surface area (Å²) in [6.45, 7) is 3.38. The Hall–Kier alpha value is -2.51. The van der Waals surface area contributed by atoms with Crippen molar-refractivity contribution in [3.8, 4) is 5.88 Å². The minimum atomic E-state index is -0.770. The van der Waals surface area contributed by atoms with Crippen LogP contribution in [-0.2, 0) is 4.79 Å². The molecule has 0 radical (unpaired) electrons. The molecule has 1 aliphatic heterocycles. The maximum atomic E-state index is 14.0. The van der Waals surface area contributed by atoms with Gasteiger partial charge in [0.25, 0.3) is 0 Å². The van der Waals surface area contributed by atoms with Gasteiger partial charge in [0.05, 0.1) is 13.0 Å². The average molecular weight is 428 g/mol. The summed E-state index contributed by atoms with van der Waals surface area (Å²) in [6, 6.07) is 13.9. The number of rotatable bonds is 10. The molecule has 2 atom stereocenters. The number of aromatic nitrogens is 1. The predicted octanol–water partition coefficient (Wildman–Crippen LogP) is 3.30. The van der Waals surface area contributed by atoms with Crippen molar-refractivity contribution in [2.24, 2.45) is 5.41 Å². The van der Waals surface area contributed by atoms with Crippen LogP contribution >= 0.6 is 0 Å². The van der Waals surface area contributed by atoms with Gasteiger partial charge in [-0.1, -0.05) is 30.3 Å². The highest BCUT2D eigenvalue weighted by Gasteiger charge is 2.42. The second-order valence-electron chi connectivity index (χ2n) is 8.80. The summed E-state index contributed by atoms with van der Waals surface area (Å²) in [7, 11) is 0. The van der Waals surface area contributed by atoms with Crippen molar-refractivity contribution >= 4 is 5.97 Å². The van der Waals surface area contributed by atoms with Gasteiger partial charge in [-0.25, -0.2) is 9.37 Å².